The molecular weight excluding hydrogens is 404 g/mol. The van der Waals surface area contributed by atoms with E-state index in [9.17, 15) is 4.79 Å². The smallest absolute Gasteiger partial charge is 0.248 e. The molecule has 1 atom stereocenters. The molecule has 1 aromatic carbocycles. The largest absolute Gasteiger partial charge is 0.356 e. The molecule has 1 N–H and O–H groups in total. The van der Waals surface area contributed by atoms with Crippen molar-refractivity contribution in [3.8, 4) is 22.7 Å². The highest BCUT2D eigenvalue weighted by Gasteiger charge is 2.32. The molecule has 5 rings (SSSR count). The van der Waals surface area contributed by atoms with Gasteiger partial charge in [0.1, 0.15) is 5.69 Å². The highest BCUT2D eigenvalue weighted by Crippen LogP contribution is 2.37. The Kier molecular flexibility index (Phi) is 4.63. The van der Waals surface area contributed by atoms with Gasteiger partial charge in [-0.1, -0.05) is 28.9 Å². The van der Waals surface area contributed by atoms with Gasteiger partial charge in [-0.05, 0) is 31.0 Å². The lowest BCUT2D eigenvalue weighted by atomic mass is 10.1. The first-order chi connectivity index (χ1) is 14.6. The quantitative estimate of drug-likeness (QED) is 0.537. The van der Waals surface area contributed by atoms with Crippen molar-refractivity contribution in [3.63, 3.8) is 0 Å². The zero-order chi connectivity index (χ0) is 20.7. The molecule has 0 spiro atoms. The third kappa shape index (κ3) is 3.29. The molecule has 30 heavy (non-hydrogen) atoms. The van der Waals surface area contributed by atoms with Crippen LogP contribution in [0.5, 0.6) is 0 Å². The summed E-state index contributed by atoms with van der Waals surface area (Å²) in [6.45, 7) is 0.839. The maximum absolute atomic E-state index is 11.7. The van der Waals surface area contributed by atoms with Crippen LogP contribution in [0.15, 0.2) is 58.0 Å². The molecule has 0 unspecified atom stereocenters. The Bertz CT molecular complexity index is 1260. The number of nitrogens with zero attached hydrogens (tertiary/aromatic N) is 5. The van der Waals surface area contributed by atoms with Gasteiger partial charge in [0.2, 0.25) is 11.5 Å². The van der Waals surface area contributed by atoms with E-state index in [-0.39, 0.29) is 11.6 Å². The third-order valence-corrected chi connectivity index (χ3v) is 5.61. The molecule has 0 bridgehead atoms. The molecule has 1 saturated heterocycles. The van der Waals surface area contributed by atoms with E-state index in [2.05, 4.69) is 25.2 Å². The third-order valence-electron chi connectivity index (χ3n) is 5.37. The average molecular weight is 423 g/mol. The number of aromatic amines is 1. The molecular formula is C21H19ClN6O2. The van der Waals surface area contributed by atoms with Crippen molar-refractivity contribution in [2.45, 2.75) is 18.9 Å². The Balaban J connectivity index is 1.46. The SMILES string of the molecule is Cn1c(-c2cc[nH]c(=O)c2)nnc1N1CCC[C@@H]1c1cc(-c2cccc(Cl)c2)on1. The van der Waals surface area contributed by atoms with Crippen molar-refractivity contribution in [2.75, 3.05) is 11.4 Å². The molecule has 1 aliphatic heterocycles. The Labute approximate surface area is 177 Å². The molecule has 3 aromatic heterocycles. The molecule has 0 saturated carbocycles. The van der Waals surface area contributed by atoms with Crippen LogP contribution in [0.3, 0.4) is 0 Å². The number of hydrogen-bond acceptors (Lipinski definition) is 6. The van der Waals surface area contributed by atoms with Crippen LogP contribution in [0.4, 0.5) is 5.95 Å². The summed E-state index contributed by atoms with van der Waals surface area (Å²) in [6, 6.07) is 12.8. The highest BCUT2D eigenvalue weighted by molar-refractivity contribution is 6.30. The van der Waals surface area contributed by atoms with Gasteiger partial charge in [0, 0.05) is 48.1 Å². The van der Waals surface area contributed by atoms with E-state index in [1.807, 2.05) is 48.0 Å². The first-order valence-electron chi connectivity index (χ1n) is 9.68. The van der Waals surface area contributed by atoms with E-state index in [0.717, 1.165) is 42.2 Å². The van der Waals surface area contributed by atoms with Crippen molar-refractivity contribution in [1.29, 1.82) is 0 Å². The fraction of sp³-hybridized carbons (Fsp3) is 0.238. The summed E-state index contributed by atoms with van der Waals surface area (Å²) in [5, 5.41) is 13.7. The standard InChI is InChI=1S/C21H19ClN6O2/c1-27-20(14-7-8-23-19(29)11-14)24-25-21(27)28-9-3-6-17(28)16-12-18(30-26-16)13-4-2-5-15(22)10-13/h2,4-5,7-8,10-12,17H,3,6,9H2,1H3,(H,23,29)/t17-/m1/s1. The number of aromatic nitrogens is 5. The number of halogens is 1. The van der Waals surface area contributed by atoms with E-state index < -0.39 is 0 Å². The van der Waals surface area contributed by atoms with Gasteiger partial charge in [0.15, 0.2) is 11.6 Å². The highest BCUT2D eigenvalue weighted by atomic mass is 35.5. The van der Waals surface area contributed by atoms with Gasteiger partial charge >= 0.3 is 0 Å². The fourth-order valence-corrected chi connectivity index (χ4v) is 4.13. The summed E-state index contributed by atoms with van der Waals surface area (Å²) in [4.78, 5) is 16.5. The number of anilines is 1. The van der Waals surface area contributed by atoms with E-state index >= 15 is 0 Å². The molecule has 4 aromatic rings. The lowest BCUT2D eigenvalue weighted by Crippen LogP contribution is -2.25. The lowest BCUT2D eigenvalue weighted by molar-refractivity contribution is 0.416. The van der Waals surface area contributed by atoms with Gasteiger partial charge < -0.3 is 14.4 Å². The Morgan fingerprint density at radius 3 is 2.90 bits per heavy atom. The minimum absolute atomic E-state index is 0.0385. The summed E-state index contributed by atoms with van der Waals surface area (Å²) in [5.74, 6) is 2.06. The predicted molar refractivity (Wildman–Crippen MR) is 113 cm³/mol. The predicted octanol–water partition coefficient (Wildman–Crippen LogP) is 3.82. The van der Waals surface area contributed by atoms with Crippen LogP contribution in [0.1, 0.15) is 24.6 Å². The van der Waals surface area contributed by atoms with Gasteiger partial charge in [-0.3, -0.25) is 9.36 Å². The number of hydrogen-bond donors (Lipinski definition) is 1. The number of benzene rings is 1. The summed E-state index contributed by atoms with van der Waals surface area (Å²) >= 11 is 6.10. The number of H-pyrrole nitrogens is 1. The maximum Gasteiger partial charge on any atom is 0.248 e. The second kappa shape index (κ2) is 7.46. The lowest BCUT2D eigenvalue weighted by Gasteiger charge is -2.23. The molecule has 1 fully saturated rings. The molecule has 0 aliphatic carbocycles. The Morgan fingerprint density at radius 2 is 2.07 bits per heavy atom. The van der Waals surface area contributed by atoms with E-state index in [0.29, 0.717) is 16.6 Å². The molecule has 0 radical (unpaired) electrons. The molecule has 4 heterocycles. The summed E-state index contributed by atoms with van der Waals surface area (Å²) in [7, 11) is 1.90. The van der Waals surface area contributed by atoms with Gasteiger partial charge in [0.05, 0.1) is 6.04 Å². The van der Waals surface area contributed by atoms with Gasteiger partial charge in [-0.2, -0.15) is 0 Å². The second-order valence-electron chi connectivity index (χ2n) is 7.30. The number of rotatable bonds is 4. The first kappa shape index (κ1) is 18.6. The maximum atomic E-state index is 11.7. The minimum atomic E-state index is -0.174. The Hall–Kier alpha value is -3.39. The fourth-order valence-electron chi connectivity index (χ4n) is 3.94. The van der Waals surface area contributed by atoms with Gasteiger partial charge in [-0.15, -0.1) is 10.2 Å². The molecule has 0 amide bonds. The topological polar surface area (TPSA) is 92.8 Å². The van der Waals surface area contributed by atoms with Crippen LogP contribution in [-0.2, 0) is 7.05 Å². The van der Waals surface area contributed by atoms with Gasteiger partial charge in [0.25, 0.3) is 0 Å². The first-order valence-corrected chi connectivity index (χ1v) is 10.1. The van der Waals surface area contributed by atoms with Crippen molar-refractivity contribution in [3.05, 3.63) is 69.7 Å². The van der Waals surface area contributed by atoms with Crippen LogP contribution in [-0.4, -0.2) is 31.4 Å². The van der Waals surface area contributed by atoms with Crippen molar-refractivity contribution >= 4 is 17.5 Å². The summed E-state index contributed by atoms with van der Waals surface area (Å²) < 4.78 is 7.51. The summed E-state index contributed by atoms with van der Waals surface area (Å²) in [5.41, 5.74) is 2.29. The van der Waals surface area contributed by atoms with E-state index in [1.165, 1.54) is 6.07 Å². The Morgan fingerprint density at radius 1 is 1.17 bits per heavy atom. The van der Waals surface area contributed by atoms with Crippen LogP contribution in [0.2, 0.25) is 5.02 Å². The summed E-state index contributed by atoms with van der Waals surface area (Å²) in [6.07, 6.45) is 3.56. The van der Waals surface area contributed by atoms with Crippen LogP contribution in [0, 0.1) is 0 Å². The average Bonchev–Trinajstić information content (AvgIpc) is 3.47. The minimum Gasteiger partial charge on any atom is -0.356 e. The molecule has 8 nitrogen and oxygen atoms in total. The number of nitrogens with one attached hydrogen (secondary N) is 1. The van der Waals surface area contributed by atoms with Crippen molar-refractivity contribution in [1.82, 2.24) is 24.9 Å². The van der Waals surface area contributed by atoms with Crippen LogP contribution >= 0.6 is 11.6 Å². The van der Waals surface area contributed by atoms with E-state index in [1.54, 1.807) is 6.20 Å². The molecule has 9 heteroatoms. The van der Waals surface area contributed by atoms with E-state index in [4.69, 9.17) is 16.1 Å². The van der Waals surface area contributed by atoms with Crippen molar-refractivity contribution < 1.29 is 4.52 Å². The van der Waals surface area contributed by atoms with Crippen molar-refractivity contribution in [2.24, 2.45) is 7.05 Å². The normalized spacial score (nSPS) is 16.3. The monoisotopic (exact) mass is 422 g/mol. The van der Waals surface area contributed by atoms with Crippen LogP contribution in [0.25, 0.3) is 22.7 Å². The zero-order valence-electron chi connectivity index (χ0n) is 16.2. The molecule has 1 aliphatic rings. The van der Waals surface area contributed by atoms with Crippen LogP contribution < -0.4 is 10.5 Å². The van der Waals surface area contributed by atoms with Gasteiger partial charge in [-0.25, -0.2) is 0 Å². The second-order valence-corrected chi connectivity index (χ2v) is 7.74. The molecule has 152 valence electrons. The zero-order valence-corrected chi connectivity index (χ0v) is 17.0. The number of pyridine rings is 1.